The minimum atomic E-state index is 0.718. The van der Waals surface area contributed by atoms with Crippen molar-refractivity contribution in [2.45, 2.75) is 39.2 Å². The largest absolute Gasteiger partial charge is 0.314 e. The molecule has 1 aliphatic rings. The Labute approximate surface area is 86.5 Å². The summed E-state index contributed by atoms with van der Waals surface area (Å²) in [4.78, 5) is 0. The standard InChI is InChI=1S/C13H19N/c1-10-5-6-11(2)12(8-10)9-13-4-3-7-14-13/h5-6,8,13-14H,3-4,7,9H2,1-2H3/t13-/m0/s1. The van der Waals surface area contributed by atoms with Gasteiger partial charge in [-0.2, -0.15) is 0 Å². The second-order valence-electron chi connectivity index (χ2n) is 4.43. The van der Waals surface area contributed by atoms with E-state index in [9.17, 15) is 0 Å². The zero-order valence-electron chi connectivity index (χ0n) is 9.14. The lowest BCUT2D eigenvalue weighted by atomic mass is 9.98. The molecule has 1 heterocycles. The molecule has 0 saturated carbocycles. The van der Waals surface area contributed by atoms with E-state index in [1.165, 1.54) is 42.5 Å². The van der Waals surface area contributed by atoms with Crippen molar-refractivity contribution < 1.29 is 0 Å². The van der Waals surface area contributed by atoms with Gasteiger partial charge in [-0.05, 0) is 50.8 Å². The summed E-state index contributed by atoms with van der Waals surface area (Å²) in [6.45, 7) is 5.59. The van der Waals surface area contributed by atoms with Crippen LogP contribution in [0.4, 0.5) is 0 Å². The number of rotatable bonds is 2. The van der Waals surface area contributed by atoms with Crippen molar-refractivity contribution in [1.82, 2.24) is 5.32 Å². The van der Waals surface area contributed by atoms with Gasteiger partial charge in [0.15, 0.2) is 0 Å². The van der Waals surface area contributed by atoms with Gasteiger partial charge in [0.2, 0.25) is 0 Å². The van der Waals surface area contributed by atoms with Gasteiger partial charge in [0.1, 0.15) is 0 Å². The van der Waals surface area contributed by atoms with Crippen LogP contribution in [-0.2, 0) is 6.42 Å². The van der Waals surface area contributed by atoms with Crippen LogP contribution in [-0.4, -0.2) is 12.6 Å². The Morgan fingerprint density at radius 3 is 2.93 bits per heavy atom. The highest BCUT2D eigenvalue weighted by Gasteiger charge is 2.14. The zero-order valence-corrected chi connectivity index (χ0v) is 9.14. The lowest BCUT2D eigenvalue weighted by molar-refractivity contribution is 0.601. The highest BCUT2D eigenvalue weighted by molar-refractivity contribution is 5.31. The maximum atomic E-state index is 3.55. The normalized spacial score (nSPS) is 21.4. The van der Waals surface area contributed by atoms with Gasteiger partial charge in [0.05, 0.1) is 0 Å². The number of nitrogens with one attached hydrogen (secondary N) is 1. The second-order valence-corrected chi connectivity index (χ2v) is 4.43. The third-order valence-electron chi connectivity index (χ3n) is 3.13. The SMILES string of the molecule is Cc1ccc(C)c(C[C@@H]2CCCN2)c1. The van der Waals surface area contributed by atoms with Crippen molar-refractivity contribution in [3.05, 3.63) is 34.9 Å². The molecule has 1 heteroatoms. The van der Waals surface area contributed by atoms with Crippen molar-refractivity contribution in [1.29, 1.82) is 0 Å². The molecule has 14 heavy (non-hydrogen) atoms. The van der Waals surface area contributed by atoms with Crippen LogP contribution in [0.5, 0.6) is 0 Å². The van der Waals surface area contributed by atoms with Gasteiger partial charge in [0.25, 0.3) is 0 Å². The Hall–Kier alpha value is -0.820. The molecule has 0 amide bonds. The molecule has 2 rings (SSSR count). The lowest BCUT2D eigenvalue weighted by Crippen LogP contribution is -2.23. The van der Waals surface area contributed by atoms with Crippen LogP contribution in [0.25, 0.3) is 0 Å². The monoisotopic (exact) mass is 189 g/mol. The molecule has 0 spiro atoms. The summed E-state index contributed by atoms with van der Waals surface area (Å²) >= 11 is 0. The number of benzene rings is 1. The van der Waals surface area contributed by atoms with E-state index in [0.29, 0.717) is 0 Å². The first-order valence-corrected chi connectivity index (χ1v) is 5.55. The van der Waals surface area contributed by atoms with Gasteiger partial charge >= 0.3 is 0 Å². The molecule has 1 nitrogen and oxygen atoms in total. The maximum absolute atomic E-state index is 3.55. The summed E-state index contributed by atoms with van der Waals surface area (Å²) < 4.78 is 0. The van der Waals surface area contributed by atoms with E-state index < -0.39 is 0 Å². The topological polar surface area (TPSA) is 12.0 Å². The second kappa shape index (κ2) is 4.14. The van der Waals surface area contributed by atoms with Crippen molar-refractivity contribution in [3.8, 4) is 0 Å². The molecule has 76 valence electrons. The summed E-state index contributed by atoms with van der Waals surface area (Å²) in [5, 5.41) is 3.55. The fourth-order valence-electron chi connectivity index (χ4n) is 2.22. The molecule has 0 aromatic heterocycles. The number of hydrogen-bond acceptors (Lipinski definition) is 1. The molecule has 0 unspecified atom stereocenters. The molecular weight excluding hydrogens is 170 g/mol. The van der Waals surface area contributed by atoms with Crippen LogP contribution in [0.1, 0.15) is 29.5 Å². The van der Waals surface area contributed by atoms with E-state index in [1.54, 1.807) is 0 Å². The fraction of sp³-hybridized carbons (Fsp3) is 0.538. The van der Waals surface area contributed by atoms with Crippen LogP contribution in [0.2, 0.25) is 0 Å². The van der Waals surface area contributed by atoms with E-state index in [-0.39, 0.29) is 0 Å². The molecular formula is C13H19N. The van der Waals surface area contributed by atoms with E-state index in [4.69, 9.17) is 0 Å². The van der Waals surface area contributed by atoms with Crippen LogP contribution >= 0.6 is 0 Å². The molecule has 0 bridgehead atoms. The van der Waals surface area contributed by atoms with Crippen LogP contribution in [0.15, 0.2) is 18.2 Å². The Kier molecular flexibility index (Phi) is 2.87. The van der Waals surface area contributed by atoms with Gasteiger partial charge in [-0.1, -0.05) is 23.8 Å². The van der Waals surface area contributed by atoms with E-state index in [2.05, 4.69) is 37.4 Å². The highest BCUT2D eigenvalue weighted by Crippen LogP contribution is 2.16. The molecule has 1 saturated heterocycles. The van der Waals surface area contributed by atoms with Crippen LogP contribution in [0, 0.1) is 13.8 Å². The van der Waals surface area contributed by atoms with E-state index >= 15 is 0 Å². The number of hydrogen-bond donors (Lipinski definition) is 1. The van der Waals surface area contributed by atoms with E-state index in [0.717, 1.165) is 6.04 Å². The summed E-state index contributed by atoms with van der Waals surface area (Å²) in [5.41, 5.74) is 4.33. The highest BCUT2D eigenvalue weighted by atomic mass is 14.9. The predicted octanol–water partition coefficient (Wildman–Crippen LogP) is 2.60. The molecule has 0 radical (unpaired) electrons. The Morgan fingerprint density at radius 1 is 1.36 bits per heavy atom. The van der Waals surface area contributed by atoms with E-state index in [1.807, 2.05) is 0 Å². The molecule has 1 N–H and O–H groups in total. The Bertz CT molecular complexity index is 311. The van der Waals surface area contributed by atoms with Gasteiger partial charge in [-0.25, -0.2) is 0 Å². The predicted molar refractivity (Wildman–Crippen MR) is 60.6 cm³/mol. The first-order chi connectivity index (χ1) is 6.75. The third-order valence-corrected chi connectivity index (χ3v) is 3.13. The van der Waals surface area contributed by atoms with Gasteiger partial charge in [-0.15, -0.1) is 0 Å². The third kappa shape index (κ3) is 2.16. The summed E-state index contributed by atoms with van der Waals surface area (Å²) in [5.74, 6) is 0. The number of aryl methyl sites for hydroxylation is 2. The smallest absolute Gasteiger partial charge is 0.0108 e. The lowest BCUT2D eigenvalue weighted by Gasteiger charge is -2.12. The maximum Gasteiger partial charge on any atom is 0.0108 e. The molecule has 1 aliphatic heterocycles. The minimum Gasteiger partial charge on any atom is -0.314 e. The zero-order chi connectivity index (χ0) is 9.97. The van der Waals surface area contributed by atoms with Crippen molar-refractivity contribution in [3.63, 3.8) is 0 Å². The summed E-state index contributed by atoms with van der Waals surface area (Å²) in [6, 6.07) is 7.48. The van der Waals surface area contributed by atoms with Gasteiger partial charge in [-0.3, -0.25) is 0 Å². The summed E-state index contributed by atoms with van der Waals surface area (Å²) in [6.07, 6.45) is 3.89. The molecule has 1 aromatic carbocycles. The molecule has 1 fully saturated rings. The molecule has 0 aliphatic carbocycles. The average molecular weight is 189 g/mol. The summed E-state index contributed by atoms with van der Waals surface area (Å²) in [7, 11) is 0. The molecule has 1 aromatic rings. The van der Waals surface area contributed by atoms with Gasteiger partial charge in [0, 0.05) is 6.04 Å². The van der Waals surface area contributed by atoms with Crippen LogP contribution in [0.3, 0.4) is 0 Å². The Morgan fingerprint density at radius 2 is 2.21 bits per heavy atom. The van der Waals surface area contributed by atoms with Gasteiger partial charge < -0.3 is 5.32 Å². The van der Waals surface area contributed by atoms with Crippen molar-refractivity contribution >= 4 is 0 Å². The first-order valence-electron chi connectivity index (χ1n) is 5.55. The minimum absolute atomic E-state index is 0.718. The van der Waals surface area contributed by atoms with Crippen molar-refractivity contribution in [2.75, 3.05) is 6.54 Å². The first kappa shape index (κ1) is 9.72. The molecule has 1 atom stereocenters. The van der Waals surface area contributed by atoms with Crippen LogP contribution < -0.4 is 5.32 Å². The fourth-order valence-corrected chi connectivity index (χ4v) is 2.22. The average Bonchev–Trinajstić information content (AvgIpc) is 2.64. The quantitative estimate of drug-likeness (QED) is 0.754. The van der Waals surface area contributed by atoms with Crippen molar-refractivity contribution in [2.24, 2.45) is 0 Å². The Balaban J connectivity index is 2.10.